The molecule has 4 heteroatoms. The lowest BCUT2D eigenvalue weighted by atomic mass is 9.75. The predicted octanol–water partition coefficient (Wildman–Crippen LogP) is 2.57. The minimum atomic E-state index is -0.436. The first-order valence-corrected chi connectivity index (χ1v) is 6.28. The zero-order valence-corrected chi connectivity index (χ0v) is 10.0. The SMILES string of the molecule is CCCCC1(CCCC)C(=O)OOC2OC21. The van der Waals surface area contributed by atoms with E-state index in [9.17, 15) is 4.79 Å². The van der Waals surface area contributed by atoms with Gasteiger partial charge >= 0.3 is 5.97 Å². The second-order valence-corrected chi connectivity index (χ2v) is 4.76. The van der Waals surface area contributed by atoms with Crippen LogP contribution in [0.1, 0.15) is 52.4 Å². The number of ether oxygens (including phenoxy) is 1. The molecule has 0 N–H and O–H groups in total. The summed E-state index contributed by atoms with van der Waals surface area (Å²) in [5, 5.41) is 0. The van der Waals surface area contributed by atoms with E-state index in [4.69, 9.17) is 14.5 Å². The standard InChI is InChI=1S/C12H20O4/c1-3-5-7-12(8-6-4-2)9-10(14-9)15-16-11(12)13/h9-10H,3-8H2,1-2H3. The Kier molecular flexibility index (Phi) is 3.50. The van der Waals surface area contributed by atoms with E-state index < -0.39 is 5.41 Å². The van der Waals surface area contributed by atoms with Gasteiger partial charge in [0.2, 0.25) is 6.29 Å². The van der Waals surface area contributed by atoms with Crippen LogP contribution in [-0.4, -0.2) is 18.4 Å². The molecule has 2 aliphatic heterocycles. The summed E-state index contributed by atoms with van der Waals surface area (Å²) in [5.41, 5.74) is -0.436. The van der Waals surface area contributed by atoms with E-state index in [0.29, 0.717) is 0 Å². The van der Waals surface area contributed by atoms with Gasteiger partial charge in [0.1, 0.15) is 11.5 Å². The molecular formula is C12H20O4. The van der Waals surface area contributed by atoms with Crippen LogP contribution in [-0.2, 0) is 19.3 Å². The Morgan fingerprint density at radius 3 is 2.38 bits per heavy atom. The van der Waals surface area contributed by atoms with Crippen molar-refractivity contribution in [3.63, 3.8) is 0 Å². The van der Waals surface area contributed by atoms with E-state index in [1.807, 2.05) is 0 Å². The van der Waals surface area contributed by atoms with Gasteiger partial charge in [0.25, 0.3) is 0 Å². The van der Waals surface area contributed by atoms with E-state index in [1.54, 1.807) is 0 Å². The predicted molar refractivity (Wildman–Crippen MR) is 57.3 cm³/mol. The third-order valence-corrected chi connectivity index (χ3v) is 3.57. The molecule has 0 amide bonds. The first-order valence-electron chi connectivity index (χ1n) is 6.28. The Morgan fingerprint density at radius 1 is 1.19 bits per heavy atom. The number of carbonyl (C=O) groups excluding carboxylic acids is 1. The van der Waals surface area contributed by atoms with Gasteiger partial charge in [0.15, 0.2) is 0 Å². The van der Waals surface area contributed by atoms with E-state index in [-0.39, 0.29) is 18.4 Å². The third kappa shape index (κ3) is 1.96. The first-order chi connectivity index (χ1) is 7.74. The largest absolute Gasteiger partial charge is 0.351 e. The lowest BCUT2D eigenvalue weighted by Crippen LogP contribution is -2.43. The maximum Gasteiger partial charge on any atom is 0.351 e. The number of fused-ring (bicyclic) bond motifs is 1. The van der Waals surface area contributed by atoms with Crippen LogP contribution in [0.25, 0.3) is 0 Å². The van der Waals surface area contributed by atoms with Crippen molar-refractivity contribution in [2.24, 2.45) is 5.41 Å². The van der Waals surface area contributed by atoms with Crippen LogP contribution in [0.4, 0.5) is 0 Å². The lowest BCUT2D eigenvalue weighted by molar-refractivity contribution is -0.311. The molecule has 2 saturated heterocycles. The first kappa shape index (κ1) is 11.9. The second-order valence-electron chi connectivity index (χ2n) is 4.76. The van der Waals surface area contributed by atoms with Crippen molar-refractivity contribution in [3.05, 3.63) is 0 Å². The van der Waals surface area contributed by atoms with E-state index in [1.165, 1.54) is 0 Å². The number of hydrogen-bond acceptors (Lipinski definition) is 4. The Balaban J connectivity index is 2.07. The smallest absolute Gasteiger partial charge is 0.337 e. The fourth-order valence-corrected chi connectivity index (χ4v) is 2.45. The van der Waals surface area contributed by atoms with Crippen molar-refractivity contribution in [3.8, 4) is 0 Å². The topological polar surface area (TPSA) is 48.1 Å². The fraction of sp³-hybridized carbons (Fsp3) is 0.917. The highest BCUT2D eigenvalue weighted by Crippen LogP contribution is 2.50. The average Bonchev–Trinajstić information content (AvgIpc) is 3.07. The summed E-state index contributed by atoms with van der Waals surface area (Å²) in [6, 6.07) is 0. The highest BCUT2D eigenvalue weighted by Gasteiger charge is 2.64. The van der Waals surface area contributed by atoms with Gasteiger partial charge in [-0.15, -0.1) is 4.89 Å². The van der Waals surface area contributed by atoms with Gasteiger partial charge in [-0.25, -0.2) is 4.79 Å². The molecule has 2 heterocycles. The summed E-state index contributed by atoms with van der Waals surface area (Å²) < 4.78 is 5.39. The molecule has 0 aliphatic carbocycles. The summed E-state index contributed by atoms with van der Waals surface area (Å²) in [6.07, 6.45) is 5.58. The van der Waals surface area contributed by atoms with Crippen molar-refractivity contribution >= 4 is 5.97 Å². The molecule has 2 aliphatic rings. The van der Waals surface area contributed by atoms with Gasteiger partial charge in [-0.3, -0.25) is 4.89 Å². The van der Waals surface area contributed by atoms with Gasteiger partial charge in [0, 0.05) is 0 Å². The summed E-state index contributed by atoms with van der Waals surface area (Å²) in [5.74, 6) is -0.229. The van der Waals surface area contributed by atoms with Crippen molar-refractivity contribution < 1.29 is 19.3 Å². The zero-order chi connectivity index (χ0) is 11.6. The summed E-state index contributed by atoms with van der Waals surface area (Å²) in [6.45, 7) is 4.26. The molecule has 2 fully saturated rings. The molecule has 92 valence electrons. The van der Waals surface area contributed by atoms with Crippen LogP contribution < -0.4 is 0 Å². The maximum absolute atomic E-state index is 11.9. The minimum absolute atomic E-state index is 0.0631. The van der Waals surface area contributed by atoms with Crippen molar-refractivity contribution in [1.82, 2.24) is 0 Å². The Morgan fingerprint density at radius 2 is 1.81 bits per heavy atom. The molecule has 0 aromatic rings. The van der Waals surface area contributed by atoms with E-state index >= 15 is 0 Å². The van der Waals surface area contributed by atoms with Crippen LogP contribution in [0, 0.1) is 5.41 Å². The van der Waals surface area contributed by atoms with Crippen molar-refractivity contribution in [2.45, 2.75) is 64.8 Å². The lowest BCUT2D eigenvalue weighted by Gasteiger charge is -2.31. The summed E-state index contributed by atoms with van der Waals surface area (Å²) >= 11 is 0. The number of hydrogen-bond donors (Lipinski definition) is 0. The Bertz CT molecular complexity index is 256. The average molecular weight is 228 g/mol. The highest BCUT2D eigenvalue weighted by molar-refractivity contribution is 5.78. The molecule has 0 spiro atoms. The van der Waals surface area contributed by atoms with Gasteiger partial charge in [0.05, 0.1) is 0 Å². The monoisotopic (exact) mass is 228 g/mol. The van der Waals surface area contributed by atoms with Crippen molar-refractivity contribution in [2.75, 3.05) is 0 Å². The molecule has 2 atom stereocenters. The normalized spacial score (nSPS) is 30.8. The highest BCUT2D eigenvalue weighted by atomic mass is 17.3. The molecule has 16 heavy (non-hydrogen) atoms. The van der Waals surface area contributed by atoms with Crippen LogP contribution in [0.15, 0.2) is 0 Å². The maximum atomic E-state index is 11.9. The molecule has 0 radical (unpaired) electrons. The fourth-order valence-electron chi connectivity index (χ4n) is 2.45. The molecule has 0 bridgehead atoms. The number of unbranched alkanes of at least 4 members (excludes halogenated alkanes) is 2. The van der Waals surface area contributed by atoms with Crippen LogP contribution in [0.3, 0.4) is 0 Å². The van der Waals surface area contributed by atoms with Gasteiger partial charge in [-0.1, -0.05) is 39.5 Å². The van der Waals surface area contributed by atoms with Gasteiger partial charge in [-0.2, -0.15) is 0 Å². The van der Waals surface area contributed by atoms with Crippen molar-refractivity contribution in [1.29, 1.82) is 0 Å². The minimum Gasteiger partial charge on any atom is -0.337 e. The molecule has 0 aromatic carbocycles. The zero-order valence-electron chi connectivity index (χ0n) is 10.0. The quantitative estimate of drug-likeness (QED) is 0.518. The van der Waals surface area contributed by atoms with Gasteiger partial charge < -0.3 is 4.74 Å². The number of epoxide rings is 1. The van der Waals surface area contributed by atoms with E-state index in [0.717, 1.165) is 38.5 Å². The molecular weight excluding hydrogens is 208 g/mol. The molecule has 2 unspecified atom stereocenters. The second kappa shape index (κ2) is 4.72. The number of carbonyl (C=O) groups is 1. The summed E-state index contributed by atoms with van der Waals surface area (Å²) in [4.78, 5) is 21.5. The Labute approximate surface area is 96.2 Å². The molecule has 2 rings (SSSR count). The summed E-state index contributed by atoms with van der Waals surface area (Å²) in [7, 11) is 0. The molecule has 0 saturated carbocycles. The van der Waals surface area contributed by atoms with Crippen LogP contribution in [0.5, 0.6) is 0 Å². The number of rotatable bonds is 6. The molecule has 0 aromatic heterocycles. The van der Waals surface area contributed by atoms with Gasteiger partial charge in [-0.05, 0) is 12.8 Å². The third-order valence-electron chi connectivity index (χ3n) is 3.57. The van der Waals surface area contributed by atoms with Crippen LogP contribution in [0.2, 0.25) is 0 Å². The van der Waals surface area contributed by atoms with E-state index in [2.05, 4.69) is 13.8 Å². The Hall–Kier alpha value is -0.610. The molecule has 4 nitrogen and oxygen atoms in total. The van der Waals surface area contributed by atoms with Crippen LogP contribution >= 0.6 is 0 Å².